The predicted octanol–water partition coefficient (Wildman–Crippen LogP) is 6.02. The van der Waals surface area contributed by atoms with Gasteiger partial charge in [0, 0.05) is 48.6 Å². The van der Waals surface area contributed by atoms with E-state index in [2.05, 4.69) is 64.9 Å². The van der Waals surface area contributed by atoms with Crippen molar-refractivity contribution in [1.82, 2.24) is 19.8 Å². The molecule has 1 amide bonds. The van der Waals surface area contributed by atoms with Crippen LogP contribution in [0.4, 0.5) is 0 Å². The molecule has 8 nitrogen and oxygen atoms in total. The van der Waals surface area contributed by atoms with Gasteiger partial charge in [0.15, 0.2) is 0 Å². The lowest BCUT2D eigenvalue weighted by molar-refractivity contribution is 0.0694. The Balaban J connectivity index is 0.000000184. The highest BCUT2D eigenvalue weighted by Crippen LogP contribution is 2.28. The molecule has 2 saturated heterocycles. The number of rotatable bonds is 4. The Labute approximate surface area is 263 Å². The van der Waals surface area contributed by atoms with Crippen LogP contribution in [0.5, 0.6) is 0 Å². The highest BCUT2D eigenvalue weighted by Gasteiger charge is 2.32. The fraction of sp³-hybridized carbons (Fsp3) is 0.310. The average molecular weight is 785 g/mol. The Morgan fingerprint density at radius 1 is 0.950 bits per heavy atom. The quantitative estimate of drug-likeness (QED) is 0.194. The maximum Gasteiger partial charge on any atom is 0.336 e. The van der Waals surface area contributed by atoms with Crippen LogP contribution in [-0.4, -0.2) is 69.0 Å². The van der Waals surface area contributed by atoms with E-state index in [1.807, 2.05) is 24.3 Å². The van der Waals surface area contributed by atoms with Crippen LogP contribution in [0.25, 0.3) is 21.8 Å². The molecule has 4 heterocycles. The predicted molar refractivity (Wildman–Crippen MR) is 173 cm³/mol. The number of fused-ring (bicyclic) bond motifs is 2. The minimum absolute atomic E-state index is 0.0345. The van der Waals surface area contributed by atoms with Gasteiger partial charge in [0.2, 0.25) is 5.56 Å². The summed E-state index contributed by atoms with van der Waals surface area (Å²) in [5, 5.41) is 10.8. The van der Waals surface area contributed by atoms with Crippen LogP contribution in [0, 0.1) is 7.14 Å². The van der Waals surface area contributed by atoms with E-state index in [-0.39, 0.29) is 11.5 Å². The summed E-state index contributed by atoms with van der Waals surface area (Å²) in [5.74, 6) is -0.994. The third-order valence-corrected chi connectivity index (χ3v) is 8.85. The van der Waals surface area contributed by atoms with Crippen LogP contribution in [0.1, 0.15) is 46.4 Å². The number of amides is 1. The van der Waals surface area contributed by atoms with Gasteiger partial charge in [0.1, 0.15) is 5.15 Å². The summed E-state index contributed by atoms with van der Waals surface area (Å²) in [6.45, 7) is 4.17. The zero-order valence-corrected chi connectivity index (χ0v) is 26.6. The standard InChI is InChI=1S/C19H21ClIN3O.C10H6INO3/c20-18-11-16(15-10-13(21)5-6-17(15)22-18)19(25)24-9-3-4-14(24)12-23-7-1-2-8-23;11-5-1-2-8-6(3-5)7(10(14)15)4-9(13)12-8/h5-6,10-11,14H,1-4,7-9,12H2;1-4H,(H,12,13)(H,14,15)/t14-;/m0./s1. The number of aromatic carboxylic acids is 1. The smallest absolute Gasteiger partial charge is 0.336 e. The van der Waals surface area contributed by atoms with Crippen LogP contribution in [0.2, 0.25) is 5.15 Å². The van der Waals surface area contributed by atoms with Crippen LogP contribution >= 0.6 is 56.8 Å². The molecule has 2 aliphatic rings. The molecule has 1 atom stereocenters. The second-order valence-electron chi connectivity index (χ2n) is 10.00. The van der Waals surface area contributed by atoms with Crippen molar-refractivity contribution >= 4 is 90.5 Å². The highest BCUT2D eigenvalue weighted by molar-refractivity contribution is 14.1. The SMILES string of the molecule is O=C(O)c1cc(=O)[nH]c2ccc(I)cc12.O=C(c1cc(Cl)nc2ccc(I)cc12)N1CCC[C@H]1CN1CCCC1. The molecule has 2 fully saturated rings. The zero-order valence-electron chi connectivity index (χ0n) is 21.5. The summed E-state index contributed by atoms with van der Waals surface area (Å²) < 4.78 is 2.02. The minimum Gasteiger partial charge on any atom is -0.478 e. The van der Waals surface area contributed by atoms with E-state index in [4.69, 9.17) is 16.7 Å². The van der Waals surface area contributed by atoms with Crippen molar-refractivity contribution in [1.29, 1.82) is 0 Å². The number of carbonyl (C=O) groups is 2. The number of aromatic amines is 1. The van der Waals surface area contributed by atoms with Gasteiger partial charge in [-0.2, -0.15) is 0 Å². The number of halogens is 3. The van der Waals surface area contributed by atoms with Crippen molar-refractivity contribution in [2.45, 2.75) is 31.7 Å². The van der Waals surface area contributed by atoms with Gasteiger partial charge in [-0.1, -0.05) is 11.6 Å². The molecule has 6 rings (SSSR count). The molecule has 0 radical (unpaired) electrons. The van der Waals surface area contributed by atoms with Gasteiger partial charge in [0.05, 0.1) is 16.6 Å². The van der Waals surface area contributed by atoms with Gasteiger partial charge in [-0.3, -0.25) is 9.59 Å². The normalized spacial score (nSPS) is 17.3. The number of carboxylic acid groups (broad SMARTS) is 1. The Morgan fingerprint density at radius 3 is 2.38 bits per heavy atom. The number of hydrogen-bond donors (Lipinski definition) is 2. The topological polar surface area (TPSA) is 107 Å². The van der Waals surface area contributed by atoms with Crippen molar-refractivity contribution in [3.63, 3.8) is 0 Å². The third-order valence-electron chi connectivity index (χ3n) is 7.31. The first-order chi connectivity index (χ1) is 19.2. The van der Waals surface area contributed by atoms with E-state index in [0.29, 0.717) is 27.7 Å². The number of H-pyrrole nitrogens is 1. The molecule has 2 aliphatic heterocycles. The summed E-state index contributed by atoms with van der Waals surface area (Å²) in [4.78, 5) is 46.9. The number of nitrogens with zero attached hydrogens (tertiary/aromatic N) is 3. The van der Waals surface area contributed by atoms with E-state index in [1.54, 1.807) is 18.2 Å². The first kappa shape index (κ1) is 29.2. The van der Waals surface area contributed by atoms with Crippen molar-refractivity contribution in [2.75, 3.05) is 26.2 Å². The summed E-state index contributed by atoms with van der Waals surface area (Å²) in [5.41, 5.74) is 1.64. The first-order valence-corrected chi connectivity index (χ1v) is 15.6. The summed E-state index contributed by atoms with van der Waals surface area (Å²) in [6, 6.07) is 14.3. The largest absolute Gasteiger partial charge is 0.478 e. The Hall–Kier alpha value is -2.29. The lowest BCUT2D eigenvalue weighted by atomic mass is 10.1. The molecule has 11 heteroatoms. The van der Waals surface area contributed by atoms with Crippen molar-refractivity contribution in [3.8, 4) is 0 Å². The van der Waals surface area contributed by atoms with Crippen molar-refractivity contribution < 1.29 is 14.7 Å². The molecule has 0 spiro atoms. The van der Waals surface area contributed by atoms with E-state index < -0.39 is 11.5 Å². The van der Waals surface area contributed by atoms with Gasteiger partial charge < -0.3 is 19.9 Å². The Morgan fingerprint density at radius 2 is 1.65 bits per heavy atom. The molecule has 0 aliphatic carbocycles. The van der Waals surface area contributed by atoms with E-state index in [9.17, 15) is 14.4 Å². The minimum atomic E-state index is -1.09. The number of pyridine rings is 2. The molecule has 2 N–H and O–H groups in total. The highest BCUT2D eigenvalue weighted by atomic mass is 127. The molecule has 2 aromatic heterocycles. The fourth-order valence-corrected chi connectivity index (χ4v) is 6.64. The van der Waals surface area contributed by atoms with Crippen molar-refractivity contribution in [2.24, 2.45) is 0 Å². The molecule has 0 unspecified atom stereocenters. The third kappa shape index (κ3) is 6.60. The van der Waals surface area contributed by atoms with Gasteiger partial charge in [-0.05, 0) is 126 Å². The number of carboxylic acids is 1. The molecule has 0 bridgehead atoms. The van der Waals surface area contributed by atoms with E-state index in [1.165, 1.54) is 25.9 Å². The maximum atomic E-state index is 13.3. The number of likely N-dealkylation sites (tertiary alicyclic amines) is 2. The van der Waals surface area contributed by atoms with E-state index >= 15 is 0 Å². The lowest BCUT2D eigenvalue weighted by Crippen LogP contribution is -2.42. The molecule has 0 saturated carbocycles. The number of carbonyl (C=O) groups excluding carboxylic acids is 1. The fourth-order valence-electron chi connectivity index (χ4n) is 5.46. The molecule has 208 valence electrons. The van der Waals surface area contributed by atoms with Gasteiger partial charge in [-0.15, -0.1) is 0 Å². The molecule has 40 heavy (non-hydrogen) atoms. The first-order valence-electron chi connectivity index (χ1n) is 13.0. The van der Waals surface area contributed by atoms with Gasteiger partial charge in [0.25, 0.3) is 5.91 Å². The Bertz CT molecular complexity index is 1650. The number of nitrogens with one attached hydrogen (secondary N) is 1. The van der Waals surface area contributed by atoms with Crippen LogP contribution in [0.15, 0.2) is 53.3 Å². The number of aromatic nitrogens is 2. The maximum absolute atomic E-state index is 13.3. The molecular formula is C29H27ClI2N4O4. The second kappa shape index (κ2) is 12.7. The van der Waals surface area contributed by atoms with Crippen LogP contribution in [-0.2, 0) is 0 Å². The second-order valence-corrected chi connectivity index (χ2v) is 12.9. The summed E-state index contributed by atoms with van der Waals surface area (Å²) >= 11 is 10.6. The van der Waals surface area contributed by atoms with Crippen molar-refractivity contribution in [3.05, 3.63) is 82.3 Å². The summed E-state index contributed by atoms with van der Waals surface area (Å²) in [7, 11) is 0. The van der Waals surface area contributed by atoms with Gasteiger partial charge in [-0.25, -0.2) is 9.78 Å². The van der Waals surface area contributed by atoms with Crippen LogP contribution in [0.3, 0.4) is 0 Å². The Kier molecular flexibility index (Phi) is 9.28. The monoisotopic (exact) mass is 784 g/mol. The number of benzene rings is 2. The van der Waals surface area contributed by atoms with Gasteiger partial charge >= 0.3 is 5.97 Å². The molecule has 4 aromatic rings. The summed E-state index contributed by atoms with van der Waals surface area (Å²) in [6.07, 6.45) is 4.74. The average Bonchev–Trinajstić information content (AvgIpc) is 3.61. The zero-order chi connectivity index (χ0) is 28.4. The molecule has 2 aromatic carbocycles. The lowest BCUT2D eigenvalue weighted by Gasteiger charge is -2.29. The van der Waals surface area contributed by atoms with Crippen LogP contribution < -0.4 is 5.56 Å². The molecular weight excluding hydrogens is 758 g/mol. The number of hydrogen-bond acceptors (Lipinski definition) is 5. The van der Waals surface area contributed by atoms with E-state index in [0.717, 1.165) is 50.0 Å².